The molecule has 1 heterocycles. The van der Waals surface area contributed by atoms with Crippen molar-refractivity contribution in [1.29, 1.82) is 0 Å². The average molecular weight is 279 g/mol. The summed E-state index contributed by atoms with van der Waals surface area (Å²) in [4.78, 5) is 15.0. The first-order valence-electron chi connectivity index (χ1n) is 5.80. The van der Waals surface area contributed by atoms with Crippen molar-refractivity contribution in [3.63, 3.8) is 0 Å². The third-order valence-electron chi connectivity index (χ3n) is 2.89. The Kier molecular flexibility index (Phi) is 2.98. The quantitative estimate of drug-likeness (QED) is 0.635. The van der Waals surface area contributed by atoms with Crippen LogP contribution in [-0.2, 0) is 0 Å². The van der Waals surface area contributed by atoms with Crippen molar-refractivity contribution in [2.24, 2.45) is 0 Å². The van der Waals surface area contributed by atoms with E-state index in [2.05, 4.69) is 4.98 Å². The molecule has 7 heteroatoms. The monoisotopic (exact) mass is 279 g/mol. The van der Waals surface area contributed by atoms with Crippen LogP contribution in [0.3, 0.4) is 0 Å². The third-order valence-corrected chi connectivity index (χ3v) is 3.96. The first-order valence-corrected chi connectivity index (χ1v) is 6.61. The number of hydrogen-bond acceptors (Lipinski definition) is 4. The lowest BCUT2D eigenvalue weighted by molar-refractivity contribution is -0.387. The van der Waals surface area contributed by atoms with Gasteiger partial charge < -0.3 is 4.57 Å². The number of nitro groups is 1. The summed E-state index contributed by atoms with van der Waals surface area (Å²) in [6.07, 6.45) is 5.76. The van der Waals surface area contributed by atoms with Crippen molar-refractivity contribution in [2.75, 3.05) is 0 Å². The summed E-state index contributed by atoms with van der Waals surface area (Å²) in [7, 11) is 0. The molecule has 0 saturated heterocycles. The van der Waals surface area contributed by atoms with E-state index in [1.54, 1.807) is 6.20 Å². The van der Waals surface area contributed by atoms with Gasteiger partial charge in [0.05, 0.1) is 15.9 Å². The lowest BCUT2D eigenvalue weighted by atomic mass is 10.3. The molecule has 1 aromatic carbocycles. The molecular weight excluding hydrogens is 269 g/mol. The number of aromatic nitrogens is 2. The van der Waals surface area contributed by atoms with Crippen molar-refractivity contribution < 1.29 is 9.31 Å². The average Bonchev–Trinajstić information content (AvgIpc) is 3.12. The van der Waals surface area contributed by atoms with E-state index >= 15 is 0 Å². The molecule has 0 atom stereocenters. The molecule has 0 radical (unpaired) electrons. The second-order valence-electron chi connectivity index (χ2n) is 4.32. The van der Waals surface area contributed by atoms with E-state index in [1.165, 1.54) is 23.9 Å². The highest BCUT2D eigenvalue weighted by Gasteiger charge is 2.27. The minimum atomic E-state index is -0.610. The van der Waals surface area contributed by atoms with Crippen LogP contribution < -0.4 is 0 Å². The van der Waals surface area contributed by atoms with Crippen LogP contribution >= 0.6 is 11.8 Å². The highest BCUT2D eigenvalue weighted by atomic mass is 32.2. The molecule has 98 valence electrons. The molecule has 1 aliphatic carbocycles. The fourth-order valence-corrected chi connectivity index (χ4v) is 2.83. The normalized spacial score (nSPS) is 14.6. The fraction of sp³-hybridized carbons (Fsp3) is 0.250. The van der Waals surface area contributed by atoms with Crippen LogP contribution in [0, 0.1) is 15.9 Å². The molecular formula is C12H10FN3O2S. The molecule has 0 unspecified atom stereocenters. The molecule has 5 nitrogen and oxygen atoms in total. The highest BCUT2D eigenvalue weighted by molar-refractivity contribution is 7.99. The zero-order valence-corrected chi connectivity index (χ0v) is 10.6. The zero-order valence-electron chi connectivity index (χ0n) is 9.82. The molecule has 0 amide bonds. The number of rotatable bonds is 4. The van der Waals surface area contributed by atoms with Crippen LogP contribution in [-0.4, -0.2) is 14.5 Å². The maximum absolute atomic E-state index is 13.1. The summed E-state index contributed by atoms with van der Waals surface area (Å²) in [6.45, 7) is 0. The van der Waals surface area contributed by atoms with E-state index in [-0.39, 0.29) is 5.69 Å². The Bertz CT molecular complexity index is 640. The van der Waals surface area contributed by atoms with Gasteiger partial charge in [-0.25, -0.2) is 9.37 Å². The molecule has 3 rings (SSSR count). The third kappa shape index (κ3) is 2.46. The molecule has 0 N–H and O–H groups in total. The predicted octanol–water partition coefficient (Wildman–Crippen LogP) is 3.42. The SMILES string of the molecule is O=[N+]([O-])c1cc(F)ccc1Sc1nccn1C1CC1. The molecule has 1 aromatic heterocycles. The molecule has 2 aromatic rings. The van der Waals surface area contributed by atoms with Crippen molar-refractivity contribution in [2.45, 2.75) is 28.9 Å². The number of hydrogen-bond donors (Lipinski definition) is 0. The Morgan fingerprint density at radius 1 is 1.47 bits per heavy atom. The Labute approximate surface area is 112 Å². The van der Waals surface area contributed by atoms with Gasteiger partial charge in [0.2, 0.25) is 0 Å². The topological polar surface area (TPSA) is 61.0 Å². The Morgan fingerprint density at radius 3 is 2.95 bits per heavy atom. The van der Waals surface area contributed by atoms with Crippen LogP contribution in [0.2, 0.25) is 0 Å². The van der Waals surface area contributed by atoms with Gasteiger partial charge in [0.15, 0.2) is 5.16 Å². The summed E-state index contributed by atoms with van der Waals surface area (Å²) >= 11 is 1.20. The number of benzene rings is 1. The summed E-state index contributed by atoms with van der Waals surface area (Å²) in [5.74, 6) is -0.610. The molecule has 1 saturated carbocycles. The van der Waals surface area contributed by atoms with Gasteiger partial charge in [0.25, 0.3) is 5.69 Å². The molecule has 1 fully saturated rings. The predicted molar refractivity (Wildman–Crippen MR) is 67.7 cm³/mol. The van der Waals surface area contributed by atoms with Crippen molar-refractivity contribution in [3.8, 4) is 0 Å². The first kappa shape index (κ1) is 12.2. The van der Waals surface area contributed by atoms with Crippen LogP contribution in [0.15, 0.2) is 40.6 Å². The van der Waals surface area contributed by atoms with Gasteiger partial charge in [-0.3, -0.25) is 10.1 Å². The molecule has 0 aliphatic heterocycles. The van der Waals surface area contributed by atoms with Crippen LogP contribution in [0.4, 0.5) is 10.1 Å². The van der Waals surface area contributed by atoms with E-state index in [1.807, 2.05) is 10.8 Å². The van der Waals surface area contributed by atoms with Gasteiger partial charge in [0.1, 0.15) is 5.82 Å². The van der Waals surface area contributed by atoms with Gasteiger partial charge >= 0.3 is 0 Å². The van der Waals surface area contributed by atoms with E-state index < -0.39 is 10.7 Å². The van der Waals surface area contributed by atoms with Crippen LogP contribution in [0.1, 0.15) is 18.9 Å². The Hall–Kier alpha value is -1.89. The van der Waals surface area contributed by atoms with Gasteiger partial charge in [-0.05, 0) is 36.7 Å². The number of nitrogens with zero attached hydrogens (tertiary/aromatic N) is 3. The van der Waals surface area contributed by atoms with E-state index in [9.17, 15) is 14.5 Å². The second-order valence-corrected chi connectivity index (χ2v) is 5.33. The van der Waals surface area contributed by atoms with E-state index in [0.717, 1.165) is 18.9 Å². The lowest BCUT2D eigenvalue weighted by Gasteiger charge is -2.06. The minimum absolute atomic E-state index is 0.227. The zero-order chi connectivity index (χ0) is 13.4. The Morgan fingerprint density at radius 2 is 2.26 bits per heavy atom. The summed E-state index contributed by atoms with van der Waals surface area (Å²) in [5, 5.41) is 11.6. The lowest BCUT2D eigenvalue weighted by Crippen LogP contribution is -1.96. The molecule has 0 spiro atoms. The first-order chi connectivity index (χ1) is 9.15. The smallest absolute Gasteiger partial charge is 0.286 e. The van der Waals surface area contributed by atoms with E-state index in [4.69, 9.17) is 0 Å². The van der Waals surface area contributed by atoms with Crippen molar-refractivity contribution >= 4 is 17.4 Å². The number of imidazole rings is 1. The van der Waals surface area contributed by atoms with Crippen molar-refractivity contribution in [1.82, 2.24) is 9.55 Å². The highest BCUT2D eigenvalue weighted by Crippen LogP contribution is 2.41. The summed E-state index contributed by atoms with van der Waals surface area (Å²) in [6, 6.07) is 4.03. The number of halogens is 1. The van der Waals surface area contributed by atoms with Crippen LogP contribution in [0.25, 0.3) is 0 Å². The van der Waals surface area contributed by atoms with Gasteiger partial charge in [-0.1, -0.05) is 0 Å². The second kappa shape index (κ2) is 4.65. The van der Waals surface area contributed by atoms with Crippen molar-refractivity contribution in [3.05, 3.63) is 46.5 Å². The van der Waals surface area contributed by atoms with Gasteiger partial charge in [-0.2, -0.15) is 0 Å². The maximum Gasteiger partial charge on any atom is 0.286 e. The standard InChI is InChI=1S/C12H10FN3O2S/c13-8-1-4-11(10(7-8)16(17)18)19-12-14-5-6-15(12)9-2-3-9/h1,4-7,9H,2-3H2. The maximum atomic E-state index is 13.1. The van der Waals surface area contributed by atoms with Gasteiger partial charge in [-0.15, -0.1) is 0 Å². The largest absolute Gasteiger partial charge is 0.323 e. The summed E-state index contributed by atoms with van der Waals surface area (Å²) in [5.41, 5.74) is -0.227. The van der Waals surface area contributed by atoms with E-state index in [0.29, 0.717) is 16.1 Å². The van der Waals surface area contributed by atoms with Crippen LogP contribution in [0.5, 0.6) is 0 Å². The minimum Gasteiger partial charge on any atom is -0.323 e. The molecule has 1 aliphatic rings. The molecule has 0 bridgehead atoms. The Balaban J connectivity index is 1.94. The molecule has 19 heavy (non-hydrogen) atoms. The summed E-state index contributed by atoms with van der Waals surface area (Å²) < 4.78 is 15.1. The number of nitro benzene ring substituents is 1. The van der Waals surface area contributed by atoms with Gasteiger partial charge in [0, 0.05) is 18.4 Å². The fourth-order valence-electron chi connectivity index (χ4n) is 1.83.